The maximum Gasteiger partial charge on any atom is 0.353 e. The third-order valence-electron chi connectivity index (χ3n) is 7.49. The van der Waals surface area contributed by atoms with E-state index in [4.69, 9.17) is 0 Å². The molecule has 10 nitrogen and oxygen atoms in total. The van der Waals surface area contributed by atoms with Crippen molar-refractivity contribution in [3.05, 3.63) is 10.6 Å². The molecule has 3 amide bonds. The summed E-state index contributed by atoms with van der Waals surface area (Å²) in [6.07, 6.45) is 2.38. The van der Waals surface area contributed by atoms with E-state index in [0.29, 0.717) is 24.4 Å². The molecular formula is C23H35N5O5S. The molecule has 4 rings (SSSR count). The number of rotatable bonds is 7. The molecule has 0 aromatic rings. The van der Waals surface area contributed by atoms with Gasteiger partial charge in [0.15, 0.2) is 0 Å². The molecule has 4 heterocycles. The summed E-state index contributed by atoms with van der Waals surface area (Å²) in [6.45, 7) is 5.95. The smallest absolute Gasteiger partial charge is 0.353 e. The molecule has 0 spiro atoms. The lowest BCUT2D eigenvalue weighted by Crippen LogP contribution is -2.66. The first kappa shape index (κ1) is 25.0. The van der Waals surface area contributed by atoms with E-state index in [1.165, 1.54) is 16.7 Å². The van der Waals surface area contributed by atoms with Crippen LogP contribution in [0, 0.1) is 17.8 Å². The number of aliphatic carboxylic acids is 1. The number of carbonyl (C=O) groups is 4. The monoisotopic (exact) mass is 493 g/mol. The van der Waals surface area contributed by atoms with Crippen LogP contribution in [0.5, 0.6) is 0 Å². The molecule has 3 fully saturated rings. The van der Waals surface area contributed by atoms with Crippen LogP contribution in [-0.4, -0.2) is 95.7 Å². The minimum atomic E-state index is -1.11. The van der Waals surface area contributed by atoms with Crippen LogP contribution in [0.1, 0.15) is 33.1 Å². The summed E-state index contributed by atoms with van der Waals surface area (Å²) in [5.74, 6) is -2.11. The van der Waals surface area contributed by atoms with Crippen molar-refractivity contribution in [1.82, 2.24) is 25.8 Å². The average Bonchev–Trinajstić information content (AvgIpc) is 3.35. The van der Waals surface area contributed by atoms with Crippen molar-refractivity contribution < 1.29 is 24.3 Å². The van der Waals surface area contributed by atoms with Gasteiger partial charge < -0.3 is 30.9 Å². The van der Waals surface area contributed by atoms with E-state index in [0.717, 1.165) is 19.4 Å². The fourth-order valence-electron chi connectivity index (χ4n) is 5.68. The lowest BCUT2D eigenvalue weighted by Gasteiger charge is -2.47. The lowest BCUT2D eigenvalue weighted by molar-refractivity contribution is -0.158. The van der Waals surface area contributed by atoms with Crippen LogP contribution in [0.4, 0.5) is 0 Å². The first-order valence-electron chi connectivity index (χ1n) is 12.0. The maximum atomic E-state index is 13.1. The fourth-order valence-corrected chi connectivity index (χ4v) is 7.16. The zero-order valence-corrected chi connectivity index (χ0v) is 21.0. The molecule has 34 heavy (non-hydrogen) atoms. The standard InChI is InChI=1S/C23H35N5O5S/c1-11-17-16(12(2)26-20(29)13-6-5-7-24-9-13)22(31)28(17)18(23(32)33)19(11)34-14-8-15(25-10-14)21(30)27(3)4/h11-17,24-25H,5-10H2,1-4H3,(H,26,29)(H,32,33)/t11-,12-,13-,14+,15+,16-,17-/m1/s1. The molecule has 4 aliphatic heterocycles. The van der Waals surface area contributed by atoms with E-state index in [1.807, 2.05) is 13.8 Å². The topological polar surface area (TPSA) is 131 Å². The number of carboxylic acids is 1. The number of likely N-dealkylation sites (N-methyl/N-ethyl adjacent to an activating group) is 1. The SMILES string of the molecule is C[C@@H](NC(=O)[C@@H]1CCCNC1)[C@H]1C(=O)N2C(C(=O)O)=C(S[C@@H]3CN[C@H](C(=O)N(C)C)C3)[C@H](C)[C@H]12. The van der Waals surface area contributed by atoms with Crippen LogP contribution in [-0.2, 0) is 19.2 Å². The summed E-state index contributed by atoms with van der Waals surface area (Å²) < 4.78 is 0. The van der Waals surface area contributed by atoms with Gasteiger partial charge in [0.25, 0.3) is 0 Å². The zero-order chi connectivity index (χ0) is 24.7. The Balaban J connectivity index is 1.44. The van der Waals surface area contributed by atoms with Crippen molar-refractivity contribution >= 4 is 35.5 Å². The molecule has 4 N–H and O–H groups in total. The van der Waals surface area contributed by atoms with Crippen molar-refractivity contribution in [2.75, 3.05) is 33.7 Å². The van der Waals surface area contributed by atoms with Gasteiger partial charge in [-0.2, -0.15) is 0 Å². The van der Waals surface area contributed by atoms with Gasteiger partial charge in [-0.15, -0.1) is 11.8 Å². The number of hydrogen-bond donors (Lipinski definition) is 4. The van der Waals surface area contributed by atoms with Crippen molar-refractivity contribution in [2.24, 2.45) is 17.8 Å². The molecule has 0 aliphatic carbocycles. The second-order valence-corrected chi connectivity index (χ2v) is 11.4. The van der Waals surface area contributed by atoms with E-state index >= 15 is 0 Å². The Kier molecular flexibility index (Phi) is 7.25. The average molecular weight is 494 g/mol. The van der Waals surface area contributed by atoms with Gasteiger partial charge in [0.05, 0.1) is 23.9 Å². The minimum absolute atomic E-state index is 0.00630. The normalized spacial score (nSPS) is 33.9. The van der Waals surface area contributed by atoms with Crippen LogP contribution in [0.3, 0.4) is 0 Å². The summed E-state index contributed by atoms with van der Waals surface area (Å²) in [5.41, 5.74) is 0.0566. The number of hydrogen-bond acceptors (Lipinski definition) is 7. The van der Waals surface area contributed by atoms with Crippen LogP contribution in [0.25, 0.3) is 0 Å². The third kappa shape index (κ3) is 4.45. The van der Waals surface area contributed by atoms with E-state index in [2.05, 4.69) is 16.0 Å². The van der Waals surface area contributed by atoms with Crippen LogP contribution >= 0.6 is 11.8 Å². The predicted molar refractivity (Wildman–Crippen MR) is 128 cm³/mol. The highest BCUT2D eigenvalue weighted by Crippen LogP contribution is 2.51. The number of carbonyl (C=O) groups excluding carboxylic acids is 3. The van der Waals surface area contributed by atoms with Crippen molar-refractivity contribution in [2.45, 2.75) is 56.5 Å². The van der Waals surface area contributed by atoms with Gasteiger partial charge in [-0.3, -0.25) is 14.4 Å². The molecule has 0 radical (unpaired) electrons. The number of fused-ring (bicyclic) bond motifs is 1. The molecule has 3 saturated heterocycles. The summed E-state index contributed by atoms with van der Waals surface area (Å²) >= 11 is 1.47. The Hall–Kier alpha value is -2.11. The third-order valence-corrected chi connectivity index (χ3v) is 9.00. The zero-order valence-electron chi connectivity index (χ0n) is 20.2. The van der Waals surface area contributed by atoms with E-state index in [1.54, 1.807) is 19.0 Å². The van der Waals surface area contributed by atoms with Gasteiger partial charge in [0.2, 0.25) is 17.7 Å². The van der Waals surface area contributed by atoms with Crippen molar-refractivity contribution in [3.8, 4) is 0 Å². The van der Waals surface area contributed by atoms with Crippen LogP contribution < -0.4 is 16.0 Å². The van der Waals surface area contributed by atoms with E-state index in [9.17, 15) is 24.3 Å². The van der Waals surface area contributed by atoms with E-state index < -0.39 is 11.9 Å². The van der Waals surface area contributed by atoms with Gasteiger partial charge in [-0.25, -0.2) is 4.79 Å². The molecule has 7 atom stereocenters. The second kappa shape index (κ2) is 9.87. The summed E-state index contributed by atoms with van der Waals surface area (Å²) in [6, 6.07) is -0.941. The highest BCUT2D eigenvalue weighted by atomic mass is 32.2. The molecule has 4 aliphatic rings. The first-order valence-corrected chi connectivity index (χ1v) is 12.9. The highest BCUT2D eigenvalue weighted by Gasteiger charge is 2.60. The van der Waals surface area contributed by atoms with Crippen molar-refractivity contribution in [3.63, 3.8) is 0 Å². The Morgan fingerprint density at radius 1 is 1.26 bits per heavy atom. The number of carboxylic acid groups (broad SMARTS) is 1. The minimum Gasteiger partial charge on any atom is -0.477 e. The largest absolute Gasteiger partial charge is 0.477 e. The van der Waals surface area contributed by atoms with Crippen LogP contribution in [0.2, 0.25) is 0 Å². The molecular weight excluding hydrogens is 458 g/mol. The molecule has 0 aromatic heterocycles. The Bertz CT molecular complexity index is 902. The molecule has 0 aromatic carbocycles. The van der Waals surface area contributed by atoms with Gasteiger partial charge >= 0.3 is 5.97 Å². The Labute approximate surface area is 204 Å². The quantitative estimate of drug-likeness (QED) is 0.359. The number of amides is 3. The molecule has 0 saturated carbocycles. The van der Waals surface area contributed by atoms with Gasteiger partial charge in [-0.1, -0.05) is 6.92 Å². The number of nitrogens with one attached hydrogen (secondary N) is 3. The van der Waals surface area contributed by atoms with Crippen molar-refractivity contribution in [1.29, 1.82) is 0 Å². The molecule has 11 heteroatoms. The summed E-state index contributed by atoms with van der Waals surface area (Å²) in [5, 5.41) is 19.5. The number of nitrogens with zero attached hydrogens (tertiary/aromatic N) is 2. The number of thioether (sulfide) groups is 1. The maximum absolute atomic E-state index is 13.1. The first-order chi connectivity index (χ1) is 16.1. The fraction of sp³-hybridized carbons (Fsp3) is 0.739. The lowest BCUT2D eigenvalue weighted by atomic mass is 9.77. The summed E-state index contributed by atoms with van der Waals surface area (Å²) in [4.78, 5) is 53.9. The number of β-lactam (4-membered cyclic amide) rings is 1. The van der Waals surface area contributed by atoms with E-state index in [-0.39, 0.29) is 58.6 Å². The Morgan fingerprint density at radius 2 is 2.00 bits per heavy atom. The highest BCUT2D eigenvalue weighted by molar-refractivity contribution is 8.03. The summed E-state index contributed by atoms with van der Waals surface area (Å²) in [7, 11) is 3.44. The Morgan fingerprint density at radius 3 is 2.62 bits per heavy atom. The molecule has 0 bridgehead atoms. The number of piperidine rings is 1. The second-order valence-electron chi connectivity index (χ2n) is 10.0. The van der Waals surface area contributed by atoms with Gasteiger partial charge in [0, 0.05) is 49.3 Å². The predicted octanol–water partition coefficient (Wildman–Crippen LogP) is -0.184. The molecule has 0 unspecified atom stereocenters. The van der Waals surface area contributed by atoms with Crippen LogP contribution in [0.15, 0.2) is 10.6 Å². The van der Waals surface area contributed by atoms with Gasteiger partial charge in [-0.05, 0) is 32.7 Å². The molecule has 188 valence electrons. The van der Waals surface area contributed by atoms with Gasteiger partial charge in [0.1, 0.15) is 5.70 Å².